The van der Waals surface area contributed by atoms with E-state index in [9.17, 15) is 4.79 Å². The standard InChI is InChI=1S/C16H19N3O2/c1-11-15(20)17-8-9-19(11)10-14-12(2)21-16(18-14)13-6-4-3-5-7-13/h3-7,11H,8-10H2,1-2H3,(H,17,20). The zero-order valence-electron chi connectivity index (χ0n) is 12.3. The van der Waals surface area contributed by atoms with Crippen molar-refractivity contribution in [2.24, 2.45) is 0 Å². The monoisotopic (exact) mass is 285 g/mol. The number of oxazole rings is 1. The molecule has 21 heavy (non-hydrogen) atoms. The third-order valence-electron chi connectivity index (χ3n) is 3.89. The third kappa shape index (κ3) is 2.83. The molecule has 5 nitrogen and oxygen atoms in total. The predicted octanol–water partition coefficient (Wildman–Crippen LogP) is 1.97. The lowest BCUT2D eigenvalue weighted by atomic mass is 10.2. The van der Waals surface area contributed by atoms with Crippen LogP contribution in [0.5, 0.6) is 0 Å². The molecule has 1 saturated heterocycles. The average Bonchev–Trinajstić information content (AvgIpc) is 2.86. The van der Waals surface area contributed by atoms with Gasteiger partial charge in [0, 0.05) is 25.2 Å². The maximum absolute atomic E-state index is 11.7. The lowest BCUT2D eigenvalue weighted by molar-refractivity contribution is -0.128. The molecule has 1 atom stereocenters. The van der Waals surface area contributed by atoms with Crippen LogP contribution < -0.4 is 5.32 Å². The summed E-state index contributed by atoms with van der Waals surface area (Å²) in [4.78, 5) is 18.4. The number of carbonyl (C=O) groups excluding carboxylic acids is 1. The number of benzene rings is 1. The van der Waals surface area contributed by atoms with E-state index in [0.29, 0.717) is 19.0 Å². The van der Waals surface area contributed by atoms with Gasteiger partial charge in [-0.1, -0.05) is 18.2 Å². The van der Waals surface area contributed by atoms with Crippen LogP contribution in [0.1, 0.15) is 18.4 Å². The molecule has 1 aliphatic rings. The zero-order valence-corrected chi connectivity index (χ0v) is 12.3. The van der Waals surface area contributed by atoms with Crippen molar-refractivity contribution in [3.8, 4) is 11.5 Å². The van der Waals surface area contributed by atoms with Gasteiger partial charge in [-0.3, -0.25) is 9.69 Å². The zero-order chi connectivity index (χ0) is 14.8. The van der Waals surface area contributed by atoms with Crippen molar-refractivity contribution in [2.45, 2.75) is 26.4 Å². The van der Waals surface area contributed by atoms with Gasteiger partial charge in [0.25, 0.3) is 0 Å². The summed E-state index contributed by atoms with van der Waals surface area (Å²) in [6.45, 7) is 5.99. The van der Waals surface area contributed by atoms with E-state index in [4.69, 9.17) is 4.42 Å². The molecule has 1 aliphatic heterocycles. The molecule has 0 bridgehead atoms. The number of amides is 1. The Hall–Kier alpha value is -2.14. The highest BCUT2D eigenvalue weighted by Crippen LogP contribution is 2.23. The van der Waals surface area contributed by atoms with Crippen LogP contribution in [0.4, 0.5) is 0 Å². The summed E-state index contributed by atoms with van der Waals surface area (Å²) < 4.78 is 5.77. The van der Waals surface area contributed by atoms with Gasteiger partial charge in [-0.05, 0) is 26.0 Å². The smallest absolute Gasteiger partial charge is 0.237 e. The molecule has 1 aromatic carbocycles. The number of piperazine rings is 1. The quantitative estimate of drug-likeness (QED) is 0.936. The number of rotatable bonds is 3. The van der Waals surface area contributed by atoms with E-state index in [1.807, 2.05) is 44.2 Å². The first-order valence-corrected chi connectivity index (χ1v) is 7.18. The van der Waals surface area contributed by atoms with Gasteiger partial charge in [0.15, 0.2) is 0 Å². The lowest BCUT2D eigenvalue weighted by Gasteiger charge is -2.32. The average molecular weight is 285 g/mol. The van der Waals surface area contributed by atoms with Gasteiger partial charge in [0.2, 0.25) is 11.8 Å². The van der Waals surface area contributed by atoms with E-state index in [2.05, 4.69) is 15.2 Å². The van der Waals surface area contributed by atoms with Crippen molar-refractivity contribution in [1.82, 2.24) is 15.2 Å². The number of carbonyl (C=O) groups is 1. The largest absolute Gasteiger partial charge is 0.441 e. The van der Waals surface area contributed by atoms with Crippen molar-refractivity contribution in [1.29, 1.82) is 0 Å². The maximum Gasteiger partial charge on any atom is 0.237 e. The van der Waals surface area contributed by atoms with E-state index in [1.54, 1.807) is 0 Å². The van der Waals surface area contributed by atoms with Crippen LogP contribution in [0.2, 0.25) is 0 Å². The Labute approximate surface area is 124 Å². The normalized spacial score (nSPS) is 19.5. The highest BCUT2D eigenvalue weighted by atomic mass is 16.4. The van der Waals surface area contributed by atoms with Gasteiger partial charge in [0.05, 0.1) is 11.7 Å². The molecule has 1 unspecified atom stereocenters. The summed E-state index contributed by atoms with van der Waals surface area (Å²) in [6, 6.07) is 9.72. The van der Waals surface area contributed by atoms with E-state index >= 15 is 0 Å². The summed E-state index contributed by atoms with van der Waals surface area (Å²) in [5.74, 6) is 1.52. The van der Waals surface area contributed by atoms with Gasteiger partial charge >= 0.3 is 0 Å². The second-order valence-electron chi connectivity index (χ2n) is 5.33. The lowest BCUT2D eigenvalue weighted by Crippen LogP contribution is -2.53. The molecule has 2 heterocycles. The number of hydrogen-bond acceptors (Lipinski definition) is 4. The van der Waals surface area contributed by atoms with Crippen LogP contribution in [0.15, 0.2) is 34.7 Å². The molecular weight excluding hydrogens is 266 g/mol. The Morgan fingerprint density at radius 1 is 1.38 bits per heavy atom. The highest BCUT2D eigenvalue weighted by molar-refractivity contribution is 5.81. The molecule has 0 saturated carbocycles. The van der Waals surface area contributed by atoms with Crippen LogP contribution in [0, 0.1) is 6.92 Å². The van der Waals surface area contributed by atoms with Gasteiger partial charge in [-0.15, -0.1) is 0 Å². The molecule has 2 aromatic rings. The van der Waals surface area contributed by atoms with E-state index in [0.717, 1.165) is 23.6 Å². The minimum Gasteiger partial charge on any atom is -0.441 e. The van der Waals surface area contributed by atoms with Crippen molar-refractivity contribution in [3.05, 3.63) is 41.8 Å². The molecular formula is C16H19N3O2. The number of aryl methyl sites for hydroxylation is 1. The summed E-state index contributed by atoms with van der Waals surface area (Å²) in [6.07, 6.45) is 0. The summed E-state index contributed by atoms with van der Waals surface area (Å²) in [5, 5.41) is 2.87. The van der Waals surface area contributed by atoms with Crippen LogP contribution in [0.25, 0.3) is 11.5 Å². The fourth-order valence-corrected chi connectivity index (χ4v) is 2.52. The van der Waals surface area contributed by atoms with Crippen molar-refractivity contribution in [3.63, 3.8) is 0 Å². The Bertz CT molecular complexity index is 636. The summed E-state index contributed by atoms with van der Waals surface area (Å²) in [7, 11) is 0. The van der Waals surface area contributed by atoms with Crippen LogP contribution in [-0.2, 0) is 11.3 Å². The number of aromatic nitrogens is 1. The van der Waals surface area contributed by atoms with Crippen LogP contribution in [0.3, 0.4) is 0 Å². The Morgan fingerprint density at radius 3 is 2.90 bits per heavy atom. The van der Waals surface area contributed by atoms with Gasteiger partial charge in [-0.25, -0.2) is 4.98 Å². The molecule has 1 aromatic heterocycles. The molecule has 110 valence electrons. The Balaban J connectivity index is 1.80. The highest BCUT2D eigenvalue weighted by Gasteiger charge is 2.26. The minimum atomic E-state index is -0.130. The molecule has 5 heteroatoms. The molecule has 1 amide bonds. The van der Waals surface area contributed by atoms with Crippen molar-refractivity contribution >= 4 is 5.91 Å². The predicted molar refractivity (Wildman–Crippen MR) is 79.6 cm³/mol. The Kier molecular flexibility index (Phi) is 3.75. The minimum absolute atomic E-state index is 0.0747. The van der Waals surface area contributed by atoms with Gasteiger partial charge in [-0.2, -0.15) is 0 Å². The summed E-state index contributed by atoms with van der Waals surface area (Å²) in [5.41, 5.74) is 1.87. The first kappa shape index (κ1) is 13.8. The first-order chi connectivity index (χ1) is 10.1. The molecule has 3 rings (SSSR count). The van der Waals surface area contributed by atoms with Crippen molar-refractivity contribution < 1.29 is 9.21 Å². The van der Waals surface area contributed by atoms with E-state index in [1.165, 1.54) is 0 Å². The topological polar surface area (TPSA) is 58.4 Å². The summed E-state index contributed by atoms with van der Waals surface area (Å²) >= 11 is 0. The maximum atomic E-state index is 11.7. The van der Waals surface area contributed by atoms with Gasteiger partial charge in [0.1, 0.15) is 5.76 Å². The molecule has 1 fully saturated rings. The van der Waals surface area contributed by atoms with Crippen molar-refractivity contribution in [2.75, 3.05) is 13.1 Å². The third-order valence-corrected chi connectivity index (χ3v) is 3.89. The van der Waals surface area contributed by atoms with Crippen LogP contribution in [-0.4, -0.2) is 34.9 Å². The molecule has 0 aliphatic carbocycles. The van der Waals surface area contributed by atoms with E-state index < -0.39 is 0 Å². The second-order valence-corrected chi connectivity index (χ2v) is 5.33. The van der Waals surface area contributed by atoms with Crippen LogP contribution >= 0.6 is 0 Å². The molecule has 0 radical (unpaired) electrons. The SMILES string of the molecule is Cc1oc(-c2ccccc2)nc1CN1CCNC(=O)C1C. The number of nitrogens with zero attached hydrogens (tertiary/aromatic N) is 2. The second kappa shape index (κ2) is 5.69. The molecule has 0 spiro atoms. The fourth-order valence-electron chi connectivity index (χ4n) is 2.52. The first-order valence-electron chi connectivity index (χ1n) is 7.18. The Morgan fingerprint density at radius 2 is 2.14 bits per heavy atom. The van der Waals surface area contributed by atoms with Gasteiger partial charge < -0.3 is 9.73 Å². The number of nitrogens with one attached hydrogen (secondary N) is 1. The van der Waals surface area contributed by atoms with E-state index in [-0.39, 0.29) is 11.9 Å². The fraction of sp³-hybridized carbons (Fsp3) is 0.375. The molecule has 1 N–H and O–H groups in total. The number of hydrogen-bond donors (Lipinski definition) is 1.